The maximum atomic E-state index is 12.1. The average molecular weight is 314 g/mol. The highest BCUT2D eigenvalue weighted by Gasteiger charge is 2.21. The number of aliphatic carboxylic acids is 1. The Kier molecular flexibility index (Phi) is 12.9. The van der Waals surface area contributed by atoms with Crippen molar-refractivity contribution in [1.29, 1.82) is 0 Å². The topological polar surface area (TPSA) is 83.6 Å². The molecule has 0 aromatic carbocycles. The number of carbonyl (C=O) groups is 2. The Morgan fingerprint density at radius 1 is 0.955 bits per heavy atom. The molecule has 0 aromatic heterocycles. The number of hydrogen-bond donors (Lipinski definition) is 2. The van der Waals surface area contributed by atoms with Gasteiger partial charge in [-0.25, -0.2) is 0 Å². The number of unbranched alkanes of at least 4 members (excludes halogenated alkanes) is 8. The molecule has 0 spiro atoms. The van der Waals surface area contributed by atoms with Crippen LogP contribution in [0, 0.1) is 0 Å². The minimum atomic E-state index is -1.01. The van der Waals surface area contributed by atoms with Gasteiger partial charge in [-0.15, -0.1) is 0 Å². The number of carboxylic acid groups (broad SMARTS) is 1. The highest BCUT2D eigenvalue weighted by molar-refractivity contribution is 5.81. The van der Waals surface area contributed by atoms with Gasteiger partial charge in [-0.1, -0.05) is 65.2 Å². The number of carboxylic acids is 1. The van der Waals surface area contributed by atoms with E-state index in [9.17, 15) is 9.59 Å². The lowest BCUT2D eigenvalue weighted by Gasteiger charge is -2.26. The van der Waals surface area contributed by atoms with E-state index < -0.39 is 12.1 Å². The van der Waals surface area contributed by atoms with E-state index in [0.717, 1.165) is 19.3 Å². The van der Waals surface area contributed by atoms with Crippen molar-refractivity contribution in [3.05, 3.63) is 0 Å². The molecule has 1 unspecified atom stereocenters. The Hall–Kier alpha value is -1.10. The van der Waals surface area contributed by atoms with E-state index in [2.05, 4.69) is 6.92 Å². The predicted octanol–water partition coefficient (Wildman–Crippen LogP) is 3.52. The van der Waals surface area contributed by atoms with E-state index in [0.29, 0.717) is 12.8 Å². The molecule has 0 aliphatic rings. The van der Waals surface area contributed by atoms with Crippen molar-refractivity contribution in [3.8, 4) is 0 Å². The molecule has 1 amide bonds. The number of amides is 1. The molecular formula is C17H34N2O3. The first-order valence-corrected chi connectivity index (χ1v) is 8.79. The molecule has 0 bridgehead atoms. The Bertz CT molecular complexity index is 308. The summed E-state index contributed by atoms with van der Waals surface area (Å²) >= 11 is 0. The van der Waals surface area contributed by atoms with Gasteiger partial charge in [0, 0.05) is 6.42 Å². The molecule has 0 fully saturated rings. The Labute approximate surface area is 135 Å². The summed E-state index contributed by atoms with van der Waals surface area (Å²) in [5.41, 5.74) is 5.82. The fourth-order valence-electron chi connectivity index (χ4n) is 2.49. The lowest BCUT2D eigenvalue weighted by molar-refractivity contribution is -0.146. The van der Waals surface area contributed by atoms with Gasteiger partial charge in [0.2, 0.25) is 5.91 Å². The molecule has 0 aliphatic heterocycles. The van der Waals surface area contributed by atoms with Crippen LogP contribution in [-0.2, 0) is 9.59 Å². The summed E-state index contributed by atoms with van der Waals surface area (Å²) in [5.74, 6) is -1.15. The van der Waals surface area contributed by atoms with Crippen LogP contribution in [0.15, 0.2) is 0 Å². The summed E-state index contributed by atoms with van der Waals surface area (Å²) in [4.78, 5) is 24.2. The van der Waals surface area contributed by atoms with Crippen LogP contribution in [0.4, 0.5) is 0 Å². The van der Waals surface area contributed by atoms with E-state index in [4.69, 9.17) is 10.8 Å². The Balaban J connectivity index is 3.78. The number of rotatable bonds is 14. The number of nitrogens with two attached hydrogens (primary N) is 1. The molecule has 5 heteroatoms. The Morgan fingerprint density at radius 3 is 1.91 bits per heavy atom. The maximum absolute atomic E-state index is 12.1. The number of hydrogen-bond acceptors (Lipinski definition) is 3. The molecule has 0 saturated heterocycles. The van der Waals surface area contributed by atoms with Gasteiger partial charge in [-0.2, -0.15) is 0 Å². The lowest BCUT2D eigenvalue weighted by atomic mass is 10.1. The second kappa shape index (κ2) is 13.6. The average Bonchev–Trinajstić information content (AvgIpc) is 2.49. The van der Waals surface area contributed by atoms with Gasteiger partial charge in [-0.05, 0) is 12.8 Å². The van der Waals surface area contributed by atoms with Gasteiger partial charge in [0.1, 0.15) is 6.54 Å². The number of nitrogens with zero attached hydrogens (tertiary/aromatic N) is 1. The molecule has 0 rings (SSSR count). The van der Waals surface area contributed by atoms with E-state index >= 15 is 0 Å². The minimum Gasteiger partial charge on any atom is -0.480 e. The van der Waals surface area contributed by atoms with E-state index in [1.165, 1.54) is 43.4 Å². The summed E-state index contributed by atoms with van der Waals surface area (Å²) in [6.45, 7) is 3.77. The van der Waals surface area contributed by atoms with E-state index in [-0.39, 0.29) is 12.5 Å². The normalized spacial score (nSPS) is 12.1. The first kappa shape index (κ1) is 20.9. The smallest absolute Gasteiger partial charge is 0.323 e. The summed E-state index contributed by atoms with van der Waals surface area (Å²) in [7, 11) is 0. The summed E-state index contributed by atoms with van der Waals surface area (Å²) in [6.07, 6.45) is 11.2. The van der Waals surface area contributed by atoms with Gasteiger partial charge < -0.3 is 15.7 Å². The van der Waals surface area contributed by atoms with Crippen LogP contribution in [0.1, 0.15) is 84.5 Å². The van der Waals surface area contributed by atoms with Gasteiger partial charge >= 0.3 is 5.97 Å². The second-order valence-corrected chi connectivity index (χ2v) is 5.97. The van der Waals surface area contributed by atoms with Gasteiger partial charge in [0.05, 0.1) is 6.17 Å². The van der Waals surface area contributed by atoms with Crippen LogP contribution in [-0.4, -0.2) is 34.6 Å². The summed E-state index contributed by atoms with van der Waals surface area (Å²) in [6, 6.07) is 0. The van der Waals surface area contributed by atoms with Gasteiger partial charge in [-0.3, -0.25) is 9.59 Å². The molecule has 0 aliphatic carbocycles. The fourth-order valence-corrected chi connectivity index (χ4v) is 2.49. The molecule has 0 saturated carbocycles. The van der Waals surface area contributed by atoms with Crippen molar-refractivity contribution in [2.75, 3.05) is 6.54 Å². The third-order valence-electron chi connectivity index (χ3n) is 3.94. The maximum Gasteiger partial charge on any atom is 0.323 e. The Morgan fingerprint density at radius 2 is 1.45 bits per heavy atom. The van der Waals surface area contributed by atoms with Crippen LogP contribution < -0.4 is 5.73 Å². The van der Waals surface area contributed by atoms with Crippen molar-refractivity contribution >= 4 is 11.9 Å². The monoisotopic (exact) mass is 314 g/mol. The quantitative estimate of drug-likeness (QED) is 0.379. The van der Waals surface area contributed by atoms with Crippen molar-refractivity contribution in [2.24, 2.45) is 5.73 Å². The molecule has 0 aromatic rings. The van der Waals surface area contributed by atoms with E-state index in [1.807, 2.05) is 6.92 Å². The molecule has 3 N–H and O–H groups in total. The molecular weight excluding hydrogens is 280 g/mol. The standard InChI is InChI=1S/C17H34N2O3/c1-3-5-6-7-8-9-10-11-12-13-16(20)19(14-17(21)22)15(18)4-2/h15H,3-14,18H2,1-2H3,(H,21,22). The second-order valence-electron chi connectivity index (χ2n) is 5.97. The molecule has 130 valence electrons. The molecule has 0 heterocycles. The lowest BCUT2D eigenvalue weighted by Crippen LogP contribution is -2.47. The zero-order valence-electron chi connectivity index (χ0n) is 14.4. The van der Waals surface area contributed by atoms with Crippen LogP contribution in [0.3, 0.4) is 0 Å². The van der Waals surface area contributed by atoms with Crippen LogP contribution in [0.2, 0.25) is 0 Å². The highest BCUT2D eigenvalue weighted by Crippen LogP contribution is 2.12. The first-order chi connectivity index (χ1) is 10.5. The summed E-state index contributed by atoms with van der Waals surface area (Å²) < 4.78 is 0. The van der Waals surface area contributed by atoms with Crippen molar-refractivity contribution in [3.63, 3.8) is 0 Å². The zero-order valence-corrected chi connectivity index (χ0v) is 14.4. The SMILES string of the molecule is CCCCCCCCCCCC(=O)N(CC(=O)O)C(N)CC. The van der Waals surface area contributed by atoms with Crippen LogP contribution in [0.25, 0.3) is 0 Å². The third kappa shape index (κ3) is 10.6. The highest BCUT2D eigenvalue weighted by atomic mass is 16.4. The predicted molar refractivity (Wildman–Crippen MR) is 89.5 cm³/mol. The minimum absolute atomic E-state index is 0.139. The first-order valence-electron chi connectivity index (χ1n) is 8.79. The van der Waals surface area contributed by atoms with Gasteiger partial charge in [0.25, 0.3) is 0 Å². The van der Waals surface area contributed by atoms with Crippen molar-refractivity contribution in [2.45, 2.75) is 90.6 Å². The fraction of sp³-hybridized carbons (Fsp3) is 0.882. The van der Waals surface area contributed by atoms with Crippen molar-refractivity contribution < 1.29 is 14.7 Å². The molecule has 22 heavy (non-hydrogen) atoms. The number of carbonyl (C=O) groups excluding carboxylic acids is 1. The molecule has 0 radical (unpaired) electrons. The largest absolute Gasteiger partial charge is 0.480 e. The van der Waals surface area contributed by atoms with Crippen molar-refractivity contribution in [1.82, 2.24) is 4.90 Å². The van der Waals surface area contributed by atoms with Crippen LogP contribution in [0.5, 0.6) is 0 Å². The zero-order chi connectivity index (χ0) is 16.8. The molecule has 1 atom stereocenters. The van der Waals surface area contributed by atoms with Crippen LogP contribution >= 0.6 is 0 Å². The molecule has 5 nitrogen and oxygen atoms in total. The van der Waals surface area contributed by atoms with Gasteiger partial charge in [0.15, 0.2) is 0 Å². The van der Waals surface area contributed by atoms with E-state index in [1.54, 1.807) is 0 Å². The summed E-state index contributed by atoms with van der Waals surface area (Å²) in [5, 5.41) is 8.86. The third-order valence-corrected chi connectivity index (χ3v) is 3.94.